The van der Waals surface area contributed by atoms with Crippen molar-refractivity contribution < 1.29 is 127 Å². The van der Waals surface area contributed by atoms with E-state index in [-0.39, 0.29) is 120 Å². The number of amides is 2. The van der Waals surface area contributed by atoms with Gasteiger partial charge >= 0.3 is 36.8 Å². The molecule has 0 saturated carbocycles. The second kappa shape index (κ2) is 48.3. The van der Waals surface area contributed by atoms with Crippen molar-refractivity contribution >= 4 is 119 Å². The van der Waals surface area contributed by atoms with Gasteiger partial charge in [0.1, 0.15) is 70.5 Å². The van der Waals surface area contributed by atoms with E-state index in [0.29, 0.717) is 129 Å². The number of nitro benzene ring substituents is 1. The summed E-state index contributed by atoms with van der Waals surface area (Å²) in [5.74, 6) is -9.30. The molecule has 11 aromatic carbocycles. The maximum absolute atomic E-state index is 13.9. The molecule has 5 N–H and O–H groups in total. The maximum atomic E-state index is 13.9. The number of non-ortho nitro benzene ring substituents is 1. The smallest absolute Gasteiger partial charge is 0.870 e. The molecule has 0 atom stereocenters. The summed E-state index contributed by atoms with van der Waals surface area (Å²) >= 11 is 4.96. The summed E-state index contributed by atoms with van der Waals surface area (Å²) < 4.78 is 160. The number of rotatable bonds is 26. The Morgan fingerprint density at radius 1 is 0.412 bits per heavy atom. The van der Waals surface area contributed by atoms with Gasteiger partial charge in [-0.25, -0.2) is 43.9 Å². The fraction of sp³-hybridized carbons (Fsp3) is 0.172. The third-order valence-corrected chi connectivity index (χ3v) is 18.9. The van der Waals surface area contributed by atoms with Crippen LogP contribution in [-0.2, 0) is 90.2 Å². The van der Waals surface area contributed by atoms with Gasteiger partial charge in [0.05, 0.1) is 126 Å². The summed E-state index contributed by atoms with van der Waals surface area (Å²) in [7, 11) is 0. The minimum absolute atomic E-state index is 0. The van der Waals surface area contributed by atoms with Crippen LogP contribution in [0, 0.1) is 68.3 Å². The normalized spacial score (nSPS) is 10.5. The molecule has 0 bridgehead atoms. The van der Waals surface area contributed by atoms with Crippen molar-refractivity contribution in [1.29, 1.82) is 0 Å². The van der Waals surface area contributed by atoms with Crippen molar-refractivity contribution in [2.75, 3.05) is 36.2 Å². The number of ether oxygens (including phenoxy) is 4. The van der Waals surface area contributed by atoms with Crippen molar-refractivity contribution in [3.05, 3.63) is 354 Å². The zero-order chi connectivity index (χ0) is 91.1. The van der Waals surface area contributed by atoms with Crippen LogP contribution in [-0.4, -0.2) is 111 Å². The van der Waals surface area contributed by atoms with E-state index in [2.05, 4.69) is 31.0 Å². The van der Waals surface area contributed by atoms with Crippen molar-refractivity contribution in [3.8, 4) is 0 Å². The molecule has 38 heteroatoms. The van der Waals surface area contributed by atoms with E-state index >= 15 is 0 Å². The van der Waals surface area contributed by atoms with Crippen LogP contribution in [0.25, 0.3) is 43.6 Å². The number of esters is 3. The molecule has 0 aliphatic carbocycles. The number of nitrogens with zero attached hydrogens (tertiary/aromatic N) is 9. The molecule has 0 spiro atoms. The van der Waals surface area contributed by atoms with Gasteiger partial charge in [0.2, 0.25) is 0 Å². The van der Waals surface area contributed by atoms with Crippen LogP contribution in [0.15, 0.2) is 224 Å². The Bertz CT molecular complexity index is 6580. The van der Waals surface area contributed by atoms with Gasteiger partial charge in [-0.05, 0) is 200 Å². The van der Waals surface area contributed by atoms with Gasteiger partial charge in [-0.3, -0.25) is 62.4 Å². The number of nitrogens with one attached hydrogen (secondary N) is 2. The van der Waals surface area contributed by atoms with Crippen molar-refractivity contribution in [2.24, 2.45) is 0 Å². The number of nitro groups is 1. The number of fused-ring (bicyclic) bond motifs is 4. The van der Waals surface area contributed by atoms with Crippen LogP contribution in [0.3, 0.4) is 0 Å². The Morgan fingerprint density at radius 3 is 0.962 bits per heavy atom. The number of carbonyl (C=O) groups excluding carboxylic acids is 7. The van der Waals surface area contributed by atoms with Crippen molar-refractivity contribution in [2.45, 2.75) is 87.7 Å². The predicted octanol–water partition coefficient (Wildman–Crippen LogP) is 16.1. The van der Waals surface area contributed by atoms with Crippen molar-refractivity contribution in [3.63, 3.8) is 0 Å². The molecule has 0 aliphatic rings. The number of aromatic nitrogens is 8. The first-order valence-corrected chi connectivity index (χ1v) is 38.9. The number of nitrogen functional groups attached to an aromatic ring is 1. The predicted molar refractivity (Wildman–Crippen MR) is 467 cm³/mol. The van der Waals surface area contributed by atoms with Crippen LogP contribution < -0.4 is 35.2 Å². The summed E-state index contributed by atoms with van der Waals surface area (Å²) in [6, 6.07) is 52.0. The van der Waals surface area contributed by atoms with E-state index in [9.17, 15) is 87.6 Å². The van der Waals surface area contributed by atoms with Gasteiger partial charge in [0, 0.05) is 70.4 Å². The molecule has 4 aromatic heterocycles. The number of hydrogen-bond acceptors (Lipinski definition) is 19. The Morgan fingerprint density at radius 2 is 0.679 bits per heavy atom. The summed E-state index contributed by atoms with van der Waals surface area (Å²) in [4.78, 5) is 91.2. The molecule has 678 valence electrons. The van der Waals surface area contributed by atoms with E-state index in [0.717, 1.165) is 64.0 Å². The number of benzene rings is 11. The molecule has 4 heterocycles. The fourth-order valence-electron chi connectivity index (χ4n) is 12.8. The Hall–Kier alpha value is -14.9. The maximum Gasteiger partial charge on any atom is 1.00 e. The second-order valence-corrected chi connectivity index (χ2v) is 27.9. The Labute approximate surface area is 759 Å². The molecule has 131 heavy (non-hydrogen) atoms. The first kappa shape index (κ1) is 103. The van der Waals surface area contributed by atoms with Crippen LogP contribution in [0.2, 0.25) is 0 Å². The Kier molecular flexibility index (Phi) is 38.1. The Balaban J connectivity index is 0.000000259. The average Bonchev–Trinajstić information content (AvgIpc) is 1.66. The summed E-state index contributed by atoms with van der Waals surface area (Å²) in [5, 5.41) is 35.5. The minimum atomic E-state index is -0.953. The number of nitrogens with two attached hydrogens (primary N) is 1. The molecule has 0 saturated heterocycles. The summed E-state index contributed by atoms with van der Waals surface area (Å²) in [5.41, 5.74) is 14.0. The molecule has 0 fully saturated rings. The first-order valence-electron chi connectivity index (χ1n) is 38.5. The van der Waals surface area contributed by atoms with Crippen LogP contribution in [0.1, 0.15) is 113 Å². The van der Waals surface area contributed by atoms with E-state index in [1.54, 1.807) is 137 Å². The van der Waals surface area contributed by atoms with Crippen LogP contribution >= 0.6 is 11.6 Å². The first-order chi connectivity index (χ1) is 60.9. The zero-order valence-corrected chi connectivity index (χ0v) is 69.5. The fourth-order valence-corrected chi connectivity index (χ4v) is 13.0. The van der Waals surface area contributed by atoms with Gasteiger partial charge in [-0.2, -0.15) is 20.4 Å². The minimum Gasteiger partial charge on any atom is -0.870 e. The standard InChI is InChI=1S/C25H20F3N3O3.C23H16F3N3O3.C18H16FN3O4.C18H18FN3O2.C7H3ClF2O.2CH4.Li.H2O.H2/c1-2-34-24(32)13-22-20-10-6-17(27)12-23(20)31(30-22)14-15-3-7-18(8-4-15)29-25(33)19-9-5-16(26)11-21(19)28;24-15-3-7-18(20(26)9-15)23(31)27-17-5-1-14(2-6-17)11-29-22-10-16(25)4-8-19(22)21(28-29)12-32-13-30;1-2-26-18(23)10-16-15-8-5-13(19)9-17(15)21(20-16)11-12-3-6-14(7-4-12)22(24)25;1-2-24-18(23)10-16-15-8-5-13(19)9-17(15)22(21-16)11-12-3-6-14(20)7-4-12;8-7(11)5-2-1-4(9)3-6(5)10;;;;;/h3-12H,2,13-14H2,1H3,(H,29,33);1-10,13H,11-12H2,(H,27,31);3-9H,2,10-11H2,1H3;3-9H,2,10-11,20H2,1H3;1-3H;2*1H4;;1H2;1H/q;;;;;;;+1;;/p-1. The number of hydrogen-bond donors (Lipinski definition) is 3. The van der Waals surface area contributed by atoms with E-state index in [4.69, 9.17) is 36.3 Å². The molecule has 0 unspecified atom stereocenters. The summed E-state index contributed by atoms with van der Waals surface area (Å²) in [6.07, 6.45) is 0.0157. The van der Waals surface area contributed by atoms with Gasteiger partial charge in [-0.1, -0.05) is 63.4 Å². The van der Waals surface area contributed by atoms with Gasteiger partial charge in [0.25, 0.3) is 29.2 Å². The van der Waals surface area contributed by atoms with Gasteiger partial charge < -0.3 is 40.8 Å². The molecule has 2 amide bonds. The number of anilines is 3. The zero-order valence-electron chi connectivity index (χ0n) is 68.7. The molecule has 15 rings (SSSR count). The molecular weight excluding hydrogens is 1740 g/mol. The number of halogens is 11. The summed E-state index contributed by atoms with van der Waals surface area (Å²) in [6.45, 7) is 7.64. The topological polar surface area (TPSA) is 351 Å². The second-order valence-electron chi connectivity index (χ2n) is 27.5. The molecular formula is C93H84ClF10LiN12O14. The van der Waals surface area contributed by atoms with E-state index < -0.39 is 86.3 Å². The van der Waals surface area contributed by atoms with Crippen LogP contribution in [0.4, 0.5) is 66.7 Å². The van der Waals surface area contributed by atoms with Gasteiger partial charge in [0.15, 0.2) is 0 Å². The van der Waals surface area contributed by atoms with E-state index in [1.165, 1.54) is 60.7 Å². The molecule has 26 nitrogen and oxygen atoms in total. The quantitative estimate of drug-likeness (QED) is 0.00522. The van der Waals surface area contributed by atoms with Crippen molar-refractivity contribution in [1.82, 2.24) is 39.1 Å². The van der Waals surface area contributed by atoms with Gasteiger partial charge in [-0.15, -0.1) is 0 Å². The molecule has 0 aliphatic heterocycles. The SMILES string of the molecule is C.C.CCOC(=O)Cc1nn(Cc2ccc(N)cc2)c2cc(F)ccc12.CCOC(=O)Cc1nn(Cc2ccc(NC(=O)c3ccc(F)cc3F)cc2)c2cc(F)ccc12.CCOC(=O)Cc1nn(Cc2ccc([N+](=O)[O-])cc2)c2cc(F)ccc12.O=C(Cl)c1ccc(F)cc1F.O=COCc1nn(Cc2ccc(NC(=O)c3ccc(F)cc3F)cc2)c2cc(F)ccc12.[HH].[Li+].[OH-]. The van der Waals surface area contributed by atoms with Crippen LogP contribution in [0.5, 0.6) is 0 Å². The van der Waals surface area contributed by atoms with E-state index in [1.807, 2.05) is 12.1 Å². The largest absolute Gasteiger partial charge is 1.00 e. The monoisotopic (exact) mass is 1820 g/mol. The molecule has 0 radical (unpaired) electrons. The third kappa shape index (κ3) is 28.1. The average molecular weight is 1830 g/mol. The number of carbonyl (C=O) groups is 7. The molecule has 15 aromatic rings. The third-order valence-electron chi connectivity index (χ3n) is 18.7.